The van der Waals surface area contributed by atoms with Gasteiger partial charge in [0.15, 0.2) is 0 Å². The minimum absolute atomic E-state index is 0.0698. The first-order chi connectivity index (χ1) is 5.74. The fourth-order valence-electron chi connectivity index (χ4n) is 1.52. The molecule has 2 heterocycles. The number of rotatable bonds is 1. The Morgan fingerprint density at radius 3 is 3.08 bits per heavy atom. The summed E-state index contributed by atoms with van der Waals surface area (Å²) in [5, 5.41) is 0.238. The quantitative estimate of drug-likeness (QED) is 0.422. The standard InChI is InChI=1S/C7H9NO3S/c1-11-7(10)4-3-12-6-2-5(9)8(4)6/h4,6H,2-3H2,1H3/t4?,6-/m0/s1. The van der Waals surface area contributed by atoms with Crippen LogP contribution in [-0.2, 0) is 14.3 Å². The van der Waals surface area contributed by atoms with Gasteiger partial charge in [-0.2, -0.15) is 0 Å². The molecule has 0 aromatic carbocycles. The molecule has 2 rings (SSSR count). The fourth-order valence-corrected chi connectivity index (χ4v) is 2.90. The van der Waals surface area contributed by atoms with Crippen LogP contribution < -0.4 is 0 Å². The number of nitrogens with zero attached hydrogens (tertiary/aromatic N) is 1. The van der Waals surface area contributed by atoms with Gasteiger partial charge in [-0.05, 0) is 0 Å². The number of hydrogen-bond donors (Lipinski definition) is 0. The molecule has 1 unspecified atom stereocenters. The van der Waals surface area contributed by atoms with Crippen molar-refractivity contribution in [2.75, 3.05) is 12.9 Å². The maximum Gasteiger partial charge on any atom is 0.329 e. The molecule has 0 spiro atoms. The van der Waals surface area contributed by atoms with E-state index >= 15 is 0 Å². The van der Waals surface area contributed by atoms with Crippen LogP contribution in [0, 0.1) is 0 Å². The second kappa shape index (κ2) is 2.65. The van der Waals surface area contributed by atoms with E-state index in [1.807, 2.05) is 0 Å². The highest BCUT2D eigenvalue weighted by molar-refractivity contribution is 8.00. The number of methoxy groups -OCH3 is 1. The van der Waals surface area contributed by atoms with Crippen LogP contribution >= 0.6 is 11.8 Å². The molecule has 0 aliphatic carbocycles. The Morgan fingerprint density at radius 2 is 2.50 bits per heavy atom. The molecule has 2 aliphatic heterocycles. The lowest BCUT2D eigenvalue weighted by atomic mass is 10.1. The van der Waals surface area contributed by atoms with Gasteiger partial charge in [-0.1, -0.05) is 0 Å². The fraction of sp³-hybridized carbons (Fsp3) is 0.714. The topological polar surface area (TPSA) is 46.6 Å². The Labute approximate surface area is 74.2 Å². The molecule has 66 valence electrons. The molecule has 2 aliphatic rings. The van der Waals surface area contributed by atoms with Gasteiger partial charge in [0.1, 0.15) is 6.04 Å². The highest BCUT2D eigenvalue weighted by Crippen LogP contribution is 2.39. The lowest BCUT2D eigenvalue weighted by molar-refractivity contribution is -0.157. The average Bonchev–Trinajstić information content (AvgIpc) is 2.40. The number of fused-ring (bicyclic) bond motifs is 1. The summed E-state index contributed by atoms with van der Waals surface area (Å²) in [5.74, 6) is 0.460. The molecule has 0 N–H and O–H groups in total. The van der Waals surface area contributed by atoms with E-state index in [9.17, 15) is 9.59 Å². The van der Waals surface area contributed by atoms with Crippen LogP contribution in [0.25, 0.3) is 0 Å². The van der Waals surface area contributed by atoms with Gasteiger partial charge in [-0.15, -0.1) is 11.8 Å². The molecule has 2 saturated heterocycles. The Kier molecular flexibility index (Phi) is 1.75. The number of carbonyl (C=O) groups excluding carboxylic acids is 2. The molecule has 0 aromatic rings. The third-order valence-corrected chi connectivity index (χ3v) is 3.49. The first-order valence-electron chi connectivity index (χ1n) is 3.74. The van der Waals surface area contributed by atoms with Gasteiger partial charge in [0, 0.05) is 5.75 Å². The van der Waals surface area contributed by atoms with Crippen molar-refractivity contribution in [2.24, 2.45) is 0 Å². The number of esters is 1. The highest BCUT2D eigenvalue weighted by atomic mass is 32.2. The Balaban J connectivity index is 2.08. The van der Waals surface area contributed by atoms with Crippen LogP contribution in [0.5, 0.6) is 0 Å². The predicted molar refractivity (Wildman–Crippen MR) is 43.5 cm³/mol. The van der Waals surface area contributed by atoms with Crippen LogP contribution in [0.2, 0.25) is 0 Å². The second-order valence-electron chi connectivity index (χ2n) is 2.83. The first kappa shape index (κ1) is 7.91. The first-order valence-corrected chi connectivity index (χ1v) is 4.79. The van der Waals surface area contributed by atoms with Gasteiger partial charge in [0.2, 0.25) is 5.91 Å². The summed E-state index contributed by atoms with van der Waals surface area (Å²) in [7, 11) is 1.35. The number of β-lactam (4-membered cyclic amide) rings is 1. The van der Waals surface area contributed by atoms with Gasteiger partial charge in [0.25, 0.3) is 0 Å². The van der Waals surface area contributed by atoms with Crippen molar-refractivity contribution in [2.45, 2.75) is 17.8 Å². The molecular formula is C7H9NO3S. The van der Waals surface area contributed by atoms with Gasteiger partial charge in [-0.25, -0.2) is 4.79 Å². The van der Waals surface area contributed by atoms with Crippen LogP contribution in [0.3, 0.4) is 0 Å². The summed E-state index contributed by atoms with van der Waals surface area (Å²) in [5.41, 5.74) is 0. The van der Waals surface area contributed by atoms with E-state index in [0.29, 0.717) is 12.2 Å². The third kappa shape index (κ3) is 0.924. The molecule has 0 bridgehead atoms. The SMILES string of the molecule is COC(=O)C1CS[C@H]2CC(=O)N12. The number of hydrogen-bond acceptors (Lipinski definition) is 4. The number of ether oxygens (including phenoxy) is 1. The highest BCUT2D eigenvalue weighted by Gasteiger charge is 2.49. The molecule has 4 nitrogen and oxygen atoms in total. The minimum Gasteiger partial charge on any atom is -0.467 e. The molecule has 0 aromatic heterocycles. The van der Waals surface area contributed by atoms with E-state index in [2.05, 4.69) is 4.74 Å². The van der Waals surface area contributed by atoms with Crippen molar-refractivity contribution in [1.29, 1.82) is 0 Å². The summed E-state index contributed by atoms with van der Waals surface area (Å²) in [6.07, 6.45) is 0.582. The monoisotopic (exact) mass is 187 g/mol. The largest absolute Gasteiger partial charge is 0.467 e. The van der Waals surface area contributed by atoms with Crippen molar-refractivity contribution in [3.8, 4) is 0 Å². The maximum atomic E-state index is 11.1. The second-order valence-corrected chi connectivity index (χ2v) is 4.04. The summed E-state index contributed by atoms with van der Waals surface area (Å²) < 4.78 is 4.59. The molecule has 1 amide bonds. The van der Waals surface area contributed by atoms with E-state index in [1.165, 1.54) is 7.11 Å². The average molecular weight is 187 g/mol. The van der Waals surface area contributed by atoms with Crippen LogP contribution in [0.15, 0.2) is 0 Å². The summed E-state index contributed by atoms with van der Waals surface area (Å²) in [6, 6.07) is -0.328. The molecule has 2 atom stereocenters. The van der Waals surface area contributed by atoms with Crippen molar-refractivity contribution in [3.63, 3.8) is 0 Å². The Bertz CT molecular complexity index is 243. The molecule has 5 heteroatoms. The molecule has 0 radical (unpaired) electrons. The summed E-state index contributed by atoms with van der Waals surface area (Å²) >= 11 is 1.65. The van der Waals surface area contributed by atoms with Crippen molar-refractivity contribution in [1.82, 2.24) is 4.90 Å². The van der Waals surface area contributed by atoms with Gasteiger partial charge < -0.3 is 9.64 Å². The van der Waals surface area contributed by atoms with Crippen molar-refractivity contribution < 1.29 is 14.3 Å². The van der Waals surface area contributed by atoms with Crippen LogP contribution in [-0.4, -0.2) is 41.1 Å². The molecule has 2 fully saturated rings. The van der Waals surface area contributed by atoms with Gasteiger partial charge in [0.05, 0.1) is 18.9 Å². The molecule has 0 saturated carbocycles. The van der Waals surface area contributed by atoms with Crippen molar-refractivity contribution >= 4 is 23.6 Å². The molecular weight excluding hydrogens is 178 g/mol. The maximum absolute atomic E-state index is 11.1. The lowest BCUT2D eigenvalue weighted by Crippen LogP contribution is -2.54. The predicted octanol–water partition coefficient (Wildman–Crippen LogP) is -0.167. The lowest BCUT2D eigenvalue weighted by Gasteiger charge is -2.36. The zero-order valence-corrected chi connectivity index (χ0v) is 7.47. The van der Waals surface area contributed by atoms with E-state index in [-0.39, 0.29) is 23.3 Å². The van der Waals surface area contributed by atoms with Crippen LogP contribution in [0.1, 0.15) is 6.42 Å². The van der Waals surface area contributed by atoms with E-state index in [4.69, 9.17) is 0 Å². The van der Waals surface area contributed by atoms with E-state index < -0.39 is 0 Å². The van der Waals surface area contributed by atoms with Crippen molar-refractivity contribution in [3.05, 3.63) is 0 Å². The Hall–Kier alpha value is -0.710. The zero-order valence-electron chi connectivity index (χ0n) is 6.65. The third-order valence-electron chi connectivity index (χ3n) is 2.20. The summed E-state index contributed by atoms with van der Waals surface area (Å²) in [6.45, 7) is 0. The zero-order chi connectivity index (χ0) is 8.72. The molecule has 12 heavy (non-hydrogen) atoms. The van der Waals surface area contributed by atoms with Gasteiger partial charge in [-0.3, -0.25) is 4.79 Å². The van der Waals surface area contributed by atoms with E-state index in [0.717, 1.165) is 0 Å². The number of amides is 1. The van der Waals surface area contributed by atoms with E-state index in [1.54, 1.807) is 16.7 Å². The Morgan fingerprint density at radius 1 is 1.75 bits per heavy atom. The van der Waals surface area contributed by atoms with Crippen LogP contribution in [0.4, 0.5) is 0 Å². The number of carbonyl (C=O) groups is 2. The summed E-state index contributed by atoms with van der Waals surface area (Å²) in [4.78, 5) is 23.8. The normalized spacial score (nSPS) is 32.8. The smallest absolute Gasteiger partial charge is 0.329 e. The minimum atomic E-state index is -0.328. The van der Waals surface area contributed by atoms with Gasteiger partial charge >= 0.3 is 5.97 Å². The number of thioether (sulfide) groups is 1.